The Balaban J connectivity index is 2.02. The molecule has 0 radical (unpaired) electrons. The van der Waals surface area contributed by atoms with Gasteiger partial charge in [0.05, 0.1) is 12.7 Å². The van der Waals surface area contributed by atoms with Crippen LogP contribution in [0.15, 0.2) is 46.9 Å². The van der Waals surface area contributed by atoms with Gasteiger partial charge in [-0.3, -0.25) is 4.79 Å². The lowest BCUT2D eigenvalue weighted by Crippen LogP contribution is -2.13. The van der Waals surface area contributed by atoms with Crippen molar-refractivity contribution in [2.45, 2.75) is 20.3 Å². The Kier molecular flexibility index (Phi) is 4.06. The zero-order valence-corrected chi connectivity index (χ0v) is 13.5. The fraction of sp³-hybridized carbons (Fsp3) is 0.211. The Morgan fingerprint density at radius 3 is 2.74 bits per heavy atom. The van der Waals surface area contributed by atoms with Crippen molar-refractivity contribution in [3.05, 3.63) is 59.4 Å². The molecule has 23 heavy (non-hydrogen) atoms. The summed E-state index contributed by atoms with van der Waals surface area (Å²) in [5.41, 5.74) is 3.16. The van der Waals surface area contributed by atoms with Crippen LogP contribution in [0.5, 0.6) is 5.75 Å². The number of carbonyl (C=O) groups excluding carboxylic acids is 1. The molecule has 0 aliphatic rings. The summed E-state index contributed by atoms with van der Waals surface area (Å²) in [6, 6.07) is 13.3. The Bertz CT molecular complexity index is 864. The van der Waals surface area contributed by atoms with Gasteiger partial charge in [-0.05, 0) is 43.2 Å². The van der Waals surface area contributed by atoms with E-state index in [1.165, 1.54) is 0 Å². The van der Waals surface area contributed by atoms with E-state index < -0.39 is 0 Å². The summed E-state index contributed by atoms with van der Waals surface area (Å²) in [6.45, 7) is 3.86. The Hall–Kier alpha value is -2.75. The molecular formula is C19H19NO3. The molecule has 0 unspecified atom stereocenters. The van der Waals surface area contributed by atoms with Gasteiger partial charge in [0.2, 0.25) is 0 Å². The molecule has 118 valence electrons. The monoisotopic (exact) mass is 309 g/mol. The van der Waals surface area contributed by atoms with Crippen molar-refractivity contribution >= 4 is 22.6 Å². The van der Waals surface area contributed by atoms with Crippen LogP contribution in [0.4, 0.5) is 5.69 Å². The largest absolute Gasteiger partial charge is 0.497 e. The van der Waals surface area contributed by atoms with E-state index in [1.54, 1.807) is 14.0 Å². The smallest absolute Gasteiger partial charge is 0.259 e. The molecule has 0 saturated heterocycles. The van der Waals surface area contributed by atoms with E-state index in [2.05, 4.69) is 12.2 Å². The predicted molar refractivity (Wildman–Crippen MR) is 91.3 cm³/mol. The number of methoxy groups -OCH3 is 1. The average molecular weight is 309 g/mol. The molecule has 0 aliphatic heterocycles. The first-order chi connectivity index (χ1) is 11.1. The molecular weight excluding hydrogens is 290 g/mol. The van der Waals surface area contributed by atoms with Gasteiger partial charge in [-0.1, -0.05) is 25.1 Å². The molecule has 4 nitrogen and oxygen atoms in total. The van der Waals surface area contributed by atoms with Crippen LogP contribution in [0.25, 0.3) is 11.0 Å². The minimum Gasteiger partial charge on any atom is -0.497 e. The third-order valence-corrected chi connectivity index (χ3v) is 3.94. The number of fused-ring (bicyclic) bond motifs is 1. The summed E-state index contributed by atoms with van der Waals surface area (Å²) in [5, 5.41) is 3.75. The Morgan fingerprint density at radius 2 is 2.00 bits per heavy atom. The van der Waals surface area contributed by atoms with Gasteiger partial charge in [0.25, 0.3) is 5.91 Å². The normalized spacial score (nSPS) is 10.7. The SMILES string of the molecule is CCc1ccccc1NC(=O)c1c(C)oc2ccc(OC)cc12. The summed E-state index contributed by atoms with van der Waals surface area (Å²) in [4.78, 5) is 12.8. The maximum atomic E-state index is 12.8. The van der Waals surface area contributed by atoms with Crippen molar-refractivity contribution in [2.75, 3.05) is 12.4 Å². The molecule has 1 amide bonds. The summed E-state index contributed by atoms with van der Waals surface area (Å²) in [5.74, 6) is 1.12. The van der Waals surface area contributed by atoms with Crippen LogP contribution in [-0.2, 0) is 6.42 Å². The van der Waals surface area contributed by atoms with Crippen molar-refractivity contribution < 1.29 is 13.9 Å². The zero-order chi connectivity index (χ0) is 16.4. The molecule has 3 aromatic rings. The fourth-order valence-electron chi connectivity index (χ4n) is 2.74. The summed E-state index contributed by atoms with van der Waals surface area (Å²) in [7, 11) is 1.60. The minimum atomic E-state index is -0.171. The van der Waals surface area contributed by atoms with Crippen LogP contribution in [0.3, 0.4) is 0 Å². The van der Waals surface area contributed by atoms with Crippen molar-refractivity contribution in [3.8, 4) is 5.75 Å². The zero-order valence-electron chi connectivity index (χ0n) is 13.5. The number of para-hydroxylation sites is 1. The number of anilines is 1. The van der Waals surface area contributed by atoms with Gasteiger partial charge in [-0.15, -0.1) is 0 Å². The van der Waals surface area contributed by atoms with Gasteiger partial charge in [0.15, 0.2) is 0 Å². The van der Waals surface area contributed by atoms with Crippen LogP contribution in [-0.4, -0.2) is 13.0 Å². The van der Waals surface area contributed by atoms with E-state index in [4.69, 9.17) is 9.15 Å². The van der Waals surface area contributed by atoms with Crippen molar-refractivity contribution in [1.29, 1.82) is 0 Å². The number of aryl methyl sites for hydroxylation is 2. The van der Waals surface area contributed by atoms with Crippen molar-refractivity contribution in [1.82, 2.24) is 0 Å². The van der Waals surface area contributed by atoms with E-state index >= 15 is 0 Å². The number of nitrogens with one attached hydrogen (secondary N) is 1. The molecule has 0 aliphatic carbocycles. The molecule has 2 aromatic carbocycles. The summed E-state index contributed by atoms with van der Waals surface area (Å²) < 4.78 is 10.9. The van der Waals surface area contributed by atoms with Gasteiger partial charge >= 0.3 is 0 Å². The average Bonchev–Trinajstić information content (AvgIpc) is 2.90. The molecule has 1 heterocycles. The molecule has 0 atom stereocenters. The maximum absolute atomic E-state index is 12.8. The lowest BCUT2D eigenvalue weighted by molar-refractivity contribution is 0.102. The van der Waals surface area contributed by atoms with Gasteiger partial charge in [0.1, 0.15) is 17.1 Å². The number of ether oxygens (including phenoxy) is 1. The lowest BCUT2D eigenvalue weighted by atomic mass is 10.1. The van der Waals surface area contributed by atoms with E-state index in [1.807, 2.05) is 42.5 Å². The van der Waals surface area contributed by atoms with Gasteiger partial charge in [0, 0.05) is 11.1 Å². The van der Waals surface area contributed by atoms with Crippen molar-refractivity contribution in [2.24, 2.45) is 0 Å². The van der Waals surface area contributed by atoms with Crippen LogP contribution >= 0.6 is 0 Å². The lowest BCUT2D eigenvalue weighted by Gasteiger charge is -2.09. The van der Waals surface area contributed by atoms with Gasteiger partial charge in [-0.2, -0.15) is 0 Å². The minimum absolute atomic E-state index is 0.171. The maximum Gasteiger partial charge on any atom is 0.259 e. The molecule has 0 spiro atoms. The van der Waals surface area contributed by atoms with E-state index in [0.717, 1.165) is 23.1 Å². The molecule has 3 rings (SSSR count). The first-order valence-electron chi connectivity index (χ1n) is 7.60. The number of hydrogen-bond acceptors (Lipinski definition) is 3. The van der Waals surface area contributed by atoms with Gasteiger partial charge in [-0.25, -0.2) is 0 Å². The molecule has 0 saturated carbocycles. The number of hydrogen-bond donors (Lipinski definition) is 1. The van der Waals surface area contributed by atoms with Crippen LogP contribution in [0.2, 0.25) is 0 Å². The Labute approximate surface area is 135 Å². The van der Waals surface area contributed by atoms with Crippen LogP contribution in [0.1, 0.15) is 28.6 Å². The second kappa shape index (κ2) is 6.16. The van der Waals surface area contributed by atoms with Crippen molar-refractivity contribution in [3.63, 3.8) is 0 Å². The topological polar surface area (TPSA) is 51.5 Å². The number of amides is 1. The first kappa shape index (κ1) is 15.2. The third kappa shape index (κ3) is 2.80. The van der Waals surface area contributed by atoms with E-state index in [9.17, 15) is 4.79 Å². The second-order valence-electron chi connectivity index (χ2n) is 5.36. The molecule has 1 N–H and O–H groups in total. The number of furan rings is 1. The van der Waals surface area contributed by atoms with E-state index in [0.29, 0.717) is 22.7 Å². The first-order valence-corrected chi connectivity index (χ1v) is 7.60. The number of benzene rings is 2. The highest BCUT2D eigenvalue weighted by atomic mass is 16.5. The molecule has 0 bridgehead atoms. The van der Waals surface area contributed by atoms with Gasteiger partial charge < -0.3 is 14.5 Å². The van der Waals surface area contributed by atoms with Crippen LogP contribution in [0, 0.1) is 6.92 Å². The molecule has 0 fully saturated rings. The molecule has 4 heteroatoms. The highest BCUT2D eigenvalue weighted by Gasteiger charge is 2.19. The quantitative estimate of drug-likeness (QED) is 0.768. The third-order valence-electron chi connectivity index (χ3n) is 3.94. The summed E-state index contributed by atoms with van der Waals surface area (Å²) in [6.07, 6.45) is 0.857. The standard InChI is InChI=1S/C19H19NO3/c1-4-13-7-5-6-8-16(13)20-19(21)18-12(2)23-17-10-9-14(22-3)11-15(17)18/h5-11H,4H2,1-3H3,(H,20,21). The van der Waals surface area contributed by atoms with E-state index in [-0.39, 0.29) is 5.91 Å². The fourth-order valence-corrected chi connectivity index (χ4v) is 2.74. The number of rotatable bonds is 4. The highest BCUT2D eigenvalue weighted by Crippen LogP contribution is 2.30. The Morgan fingerprint density at radius 1 is 1.22 bits per heavy atom. The molecule has 1 aromatic heterocycles. The predicted octanol–water partition coefficient (Wildman–Crippen LogP) is 4.56. The van der Waals surface area contributed by atoms with Crippen LogP contribution < -0.4 is 10.1 Å². The summed E-state index contributed by atoms with van der Waals surface area (Å²) >= 11 is 0. The highest BCUT2D eigenvalue weighted by molar-refractivity contribution is 6.13. The number of carbonyl (C=O) groups is 1. The second-order valence-corrected chi connectivity index (χ2v) is 5.36.